The van der Waals surface area contributed by atoms with E-state index in [0.717, 1.165) is 11.1 Å². The van der Waals surface area contributed by atoms with Crippen LogP contribution in [0.1, 0.15) is 11.1 Å². The third kappa shape index (κ3) is 5.45. The van der Waals surface area contributed by atoms with E-state index in [1.165, 1.54) is 0 Å². The van der Waals surface area contributed by atoms with Crippen molar-refractivity contribution in [2.24, 2.45) is 0 Å². The molecule has 1 aromatic heterocycles. The standard InChI is InChI=1S/C21H26N4O4/c1-28-17-8-16(9-18(11-17)29-2)10-20(26)25-7-6-23-14-19(25)21(27)24-13-15-4-3-5-22-12-15/h3-5,8-9,11-12,19,23H,6-7,10,13-14H2,1-2H3,(H,24,27)/t19-/m1/s1. The van der Waals surface area contributed by atoms with Crippen molar-refractivity contribution >= 4 is 11.8 Å². The van der Waals surface area contributed by atoms with Gasteiger partial charge >= 0.3 is 0 Å². The minimum Gasteiger partial charge on any atom is -0.497 e. The molecule has 2 amide bonds. The predicted octanol–water partition coefficient (Wildman–Crippen LogP) is 0.758. The van der Waals surface area contributed by atoms with Crippen LogP contribution in [-0.4, -0.2) is 61.6 Å². The minimum atomic E-state index is -0.555. The minimum absolute atomic E-state index is 0.108. The molecule has 2 aromatic rings. The van der Waals surface area contributed by atoms with Gasteiger partial charge in [-0.05, 0) is 29.3 Å². The Morgan fingerprint density at radius 2 is 1.97 bits per heavy atom. The Kier molecular flexibility index (Phi) is 7.02. The van der Waals surface area contributed by atoms with Crippen LogP contribution in [0.5, 0.6) is 11.5 Å². The van der Waals surface area contributed by atoms with Gasteiger partial charge in [0.15, 0.2) is 0 Å². The van der Waals surface area contributed by atoms with Gasteiger partial charge in [-0.15, -0.1) is 0 Å². The Hall–Kier alpha value is -3.13. The number of benzene rings is 1. The molecule has 8 heteroatoms. The first-order valence-electron chi connectivity index (χ1n) is 9.49. The molecular weight excluding hydrogens is 372 g/mol. The normalized spacial score (nSPS) is 16.2. The fourth-order valence-electron chi connectivity index (χ4n) is 3.29. The number of carbonyl (C=O) groups excluding carboxylic acids is 2. The Morgan fingerprint density at radius 3 is 2.62 bits per heavy atom. The Bertz CT molecular complexity index is 822. The number of nitrogens with zero attached hydrogens (tertiary/aromatic N) is 2. The molecule has 1 aliphatic rings. The van der Waals surface area contributed by atoms with Crippen LogP contribution in [0.4, 0.5) is 0 Å². The van der Waals surface area contributed by atoms with E-state index in [1.807, 2.05) is 12.1 Å². The van der Waals surface area contributed by atoms with Crippen molar-refractivity contribution in [1.82, 2.24) is 20.5 Å². The van der Waals surface area contributed by atoms with Gasteiger partial charge in [-0.1, -0.05) is 6.07 Å². The summed E-state index contributed by atoms with van der Waals surface area (Å²) in [5.74, 6) is 0.956. The predicted molar refractivity (Wildman–Crippen MR) is 108 cm³/mol. The molecule has 2 N–H and O–H groups in total. The largest absolute Gasteiger partial charge is 0.497 e. The van der Waals surface area contributed by atoms with Crippen molar-refractivity contribution in [1.29, 1.82) is 0 Å². The van der Waals surface area contributed by atoms with Gasteiger partial charge in [-0.25, -0.2) is 0 Å². The van der Waals surface area contributed by atoms with E-state index >= 15 is 0 Å². The van der Waals surface area contributed by atoms with Crippen LogP contribution in [0, 0.1) is 0 Å². The highest BCUT2D eigenvalue weighted by atomic mass is 16.5. The summed E-state index contributed by atoms with van der Waals surface area (Å²) >= 11 is 0. The zero-order chi connectivity index (χ0) is 20.6. The van der Waals surface area contributed by atoms with Crippen molar-refractivity contribution in [3.63, 3.8) is 0 Å². The highest BCUT2D eigenvalue weighted by Gasteiger charge is 2.31. The summed E-state index contributed by atoms with van der Waals surface area (Å²) in [7, 11) is 3.14. The van der Waals surface area contributed by atoms with Gasteiger partial charge in [-0.2, -0.15) is 0 Å². The molecule has 29 heavy (non-hydrogen) atoms. The van der Waals surface area contributed by atoms with Crippen molar-refractivity contribution in [3.8, 4) is 11.5 Å². The lowest BCUT2D eigenvalue weighted by molar-refractivity contribution is -0.141. The van der Waals surface area contributed by atoms with Crippen LogP contribution >= 0.6 is 0 Å². The lowest BCUT2D eigenvalue weighted by Crippen LogP contribution is -2.59. The second-order valence-corrected chi connectivity index (χ2v) is 6.78. The number of carbonyl (C=O) groups is 2. The van der Waals surface area contributed by atoms with Crippen LogP contribution < -0.4 is 20.1 Å². The highest BCUT2D eigenvalue weighted by molar-refractivity contribution is 5.89. The molecule has 0 radical (unpaired) electrons. The topological polar surface area (TPSA) is 92.8 Å². The van der Waals surface area contributed by atoms with Crippen molar-refractivity contribution < 1.29 is 19.1 Å². The first-order chi connectivity index (χ1) is 14.1. The smallest absolute Gasteiger partial charge is 0.244 e. The van der Waals surface area contributed by atoms with Crippen LogP contribution in [0.2, 0.25) is 0 Å². The molecule has 0 saturated carbocycles. The van der Waals surface area contributed by atoms with E-state index in [9.17, 15) is 9.59 Å². The second-order valence-electron chi connectivity index (χ2n) is 6.78. The summed E-state index contributed by atoms with van der Waals surface area (Å²) in [6.07, 6.45) is 3.56. The summed E-state index contributed by atoms with van der Waals surface area (Å²) in [5.41, 5.74) is 1.69. The molecule has 0 aliphatic carbocycles. The van der Waals surface area contributed by atoms with Crippen LogP contribution in [-0.2, 0) is 22.6 Å². The Morgan fingerprint density at radius 1 is 1.21 bits per heavy atom. The van der Waals surface area contributed by atoms with Crippen LogP contribution in [0.3, 0.4) is 0 Å². The monoisotopic (exact) mass is 398 g/mol. The zero-order valence-corrected chi connectivity index (χ0v) is 16.7. The number of aromatic nitrogens is 1. The number of nitrogens with one attached hydrogen (secondary N) is 2. The number of hydrogen-bond acceptors (Lipinski definition) is 6. The van der Waals surface area contributed by atoms with Gasteiger partial charge in [-0.3, -0.25) is 14.6 Å². The average Bonchev–Trinajstić information content (AvgIpc) is 2.77. The SMILES string of the molecule is COc1cc(CC(=O)N2CCNC[C@@H]2C(=O)NCc2cccnc2)cc(OC)c1. The summed E-state index contributed by atoms with van der Waals surface area (Å²) in [6.45, 7) is 1.93. The van der Waals surface area contributed by atoms with E-state index in [2.05, 4.69) is 15.6 Å². The first-order valence-corrected chi connectivity index (χ1v) is 9.49. The molecule has 1 aromatic carbocycles. The number of rotatable bonds is 7. The van der Waals surface area contributed by atoms with E-state index < -0.39 is 6.04 Å². The average molecular weight is 398 g/mol. The van der Waals surface area contributed by atoms with Gasteiger partial charge in [0.25, 0.3) is 0 Å². The summed E-state index contributed by atoms with van der Waals surface area (Å²) in [6, 6.07) is 8.53. The fourth-order valence-corrected chi connectivity index (χ4v) is 3.29. The number of amides is 2. The summed E-state index contributed by atoms with van der Waals surface area (Å²) in [5, 5.41) is 6.09. The third-order valence-corrected chi connectivity index (χ3v) is 4.82. The lowest BCUT2D eigenvalue weighted by atomic mass is 10.1. The molecule has 1 fully saturated rings. The maximum Gasteiger partial charge on any atom is 0.244 e. The second kappa shape index (κ2) is 9.88. The van der Waals surface area contributed by atoms with Gasteiger partial charge in [0.1, 0.15) is 17.5 Å². The van der Waals surface area contributed by atoms with E-state index in [0.29, 0.717) is 37.7 Å². The Balaban J connectivity index is 1.67. The molecule has 8 nitrogen and oxygen atoms in total. The maximum atomic E-state index is 13.0. The number of ether oxygens (including phenoxy) is 2. The molecule has 3 rings (SSSR count). The van der Waals surface area contributed by atoms with E-state index in [1.54, 1.807) is 49.7 Å². The molecule has 0 bridgehead atoms. The molecule has 0 spiro atoms. The van der Waals surface area contributed by atoms with E-state index in [-0.39, 0.29) is 18.2 Å². The number of hydrogen-bond donors (Lipinski definition) is 2. The number of methoxy groups -OCH3 is 2. The summed E-state index contributed by atoms with van der Waals surface area (Å²) < 4.78 is 10.5. The molecule has 1 atom stereocenters. The highest BCUT2D eigenvalue weighted by Crippen LogP contribution is 2.23. The van der Waals surface area contributed by atoms with Gasteiger partial charge < -0.3 is 25.0 Å². The third-order valence-electron chi connectivity index (χ3n) is 4.82. The molecule has 1 aliphatic heterocycles. The zero-order valence-electron chi connectivity index (χ0n) is 16.7. The van der Waals surface area contributed by atoms with Crippen LogP contribution in [0.15, 0.2) is 42.7 Å². The Labute approximate surface area is 170 Å². The quantitative estimate of drug-likeness (QED) is 0.715. The molecular formula is C21H26N4O4. The number of pyridine rings is 1. The van der Waals surface area contributed by atoms with Crippen molar-refractivity contribution in [3.05, 3.63) is 53.9 Å². The van der Waals surface area contributed by atoms with E-state index in [4.69, 9.17) is 9.47 Å². The number of piperazine rings is 1. The van der Waals surface area contributed by atoms with Crippen molar-refractivity contribution in [2.75, 3.05) is 33.9 Å². The van der Waals surface area contributed by atoms with Gasteiger partial charge in [0, 0.05) is 44.6 Å². The maximum absolute atomic E-state index is 13.0. The van der Waals surface area contributed by atoms with Gasteiger partial charge in [0.05, 0.1) is 20.6 Å². The first kappa shape index (κ1) is 20.6. The lowest BCUT2D eigenvalue weighted by Gasteiger charge is -2.35. The van der Waals surface area contributed by atoms with Gasteiger partial charge in [0.2, 0.25) is 11.8 Å². The fraction of sp³-hybridized carbons (Fsp3) is 0.381. The van der Waals surface area contributed by atoms with Crippen LogP contribution in [0.25, 0.3) is 0 Å². The summed E-state index contributed by atoms with van der Waals surface area (Å²) in [4.78, 5) is 31.4. The molecule has 1 saturated heterocycles. The molecule has 0 unspecified atom stereocenters. The molecule has 154 valence electrons. The van der Waals surface area contributed by atoms with Crippen molar-refractivity contribution in [2.45, 2.75) is 19.0 Å². The molecule has 2 heterocycles.